The molecule has 19 heavy (non-hydrogen) atoms. The van der Waals surface area contributed by atoms with E-state index in [0.29, 0.717) is 0 Å². The molecule has 5 heteroatoms. The minimum absolute atomic E-state index is 0.313. The van der Waals surface area contributed by atoms with E-state index in [9.17, 15) is 0 Å². The van der Waals surface area contributed by atoms with E-state index >= 15 is 0 Å². The van der Waals surface area contributed by atoms with Crippen molar-refractivity contribution >= 4 is 28.5 Å². The van der Waals surface area contributed by atoms with Crippen LogP contribution in [0.1, 0.15) is 46.7 Å². The summed E-state index contributed by atoms with van der Waals surface area (Å²) in [6, 6.07) is 2.06. The number of pyridine rings is 1. The molecule has 104 valence electrons. The summed E-state index contributed by atoms with van der Waals surface area (Å²) in [6.45, 7) is 10.4. The second-order valence-electron chi connectivity index (χ2n) is 6.04. The largest absolute Gasteiger partial charge is 0.496 e. The minimum atomic E-state index is -0.343. The Bertz CT molecular complexity index is 461. The van der Waals surface area contributed by atoms with Gasteiger partial charge >= 0.3 is 7.12 Å². The molecule has 0 aliphatic carbocycles. The van der Waals surface area contributed by atoms with Crippen LogP contribution in [-0.4, -0.2) is 23.3 Å². The van der Waals surface area contributed by atoms with Crippen molar-refractivity contribution in [1.82, 2.24) is 4.98 Å². The van der Waals surface area contributed by atoms with Gasteiger partial charge in [0.1, 0.15) is 0 Å². The van der Waals surface area contributed by atoms with Crippen molar-refractivity contribution in [2.45, 2.75) is 58.7 Å². The van der Waals surface area contributed by atoms with E-state index in [2.05, 4.69) is 61.6 Å². The molecular weight excluding hydrogens is 305 g/mol. The topological polar surface area (TPSA) is 31.4 Å². The van der Waals surface area contributed by atoms with E-state index in [1.54, 1.807) is 0 Å². The molecule has 0 N–H and O–H groups in total. The first-order valence-corrected chi connectivity index (χ1v) is 7.56. The molecule has 0 unspecified atom stereocenters. The lowest BCUT2D eigenvalue weighted by Crippen LogP contribution is -2.41. The second-order valence-corrected chi connectivity index (χ2v) is 6.89. The van der Waals surface area contributed by atoms with E-state index in [1.807, 2.05) is 6.20 Å². The zero-order chi connectivity index (χ0) is 14.3. The Morgan fingerprint density at radius 2 is 1.79 bits per heavy atom. The van der Waals surface area contributed by atoms with Gasteiger partial charge in [0.05, 0.1) is 16.9 Å². The van der Waals surface area contributed by atoms with Crippen molar-refractivity contribution in [3.05, 3.63) is 22.4 Å². The monoisotopic (exact) mass is 325 g/mol. The van der Waals surface area contributed by atoms with Gasteiger partial charge in [-0.1, -0.05) is 13.3 Å². The van der Waals surface area contributed by atoms with Gasteiger partial charge in [-0.2, -0.15) is 0 Å². The third-order valence-electron chi connectivity index (χ3n) is 3.95. The molecule has 1 aromatic heterocycles. The number of hydrogen-bond donors (Lipinski definition) is 0. The van der Waals surface area contributed by atoms with Gasteiger partial charge in [0.25, 0.3) is 0 Å². The van der Waals surface area contributed by atoms with Gasteiger partial charge in [-0.15, -0.1) is 0 Å². The second kappa shape index (κ2) is 5.19. The van der Waals surface area contributed by atoms with Crippen LogP contribution in [0.4, 0.5) is 0 Å². The highest BCUT2D eigenvalue weighted by atomic mass is 79.9. The molecule has 0 amide bonds. The molecule has 1 aliphatic rings. The van der Waals surface area contributed by atoms with Crippen LogP contribution in [0.15, 0.2) is 16.7 Å². The Morgan fingerprint density at radius 1 is 1.21 bits per heavy atom. The van der Waals surface area contributed by atoms with E-state index in [0.717, 1.165) is 28.5 Å². The third kappa shape index (κ3) is 2.88. The average molecular weight is 326 g/mol. The van der Waals surface area contributed by atoms with E-state index < -0.39 is 0 Å². The van der Waals surface area contributed by atoms with Crippen LogP contribution >= 0.6 is 15.9 Å². The van der Waals surface area contributed by atoms with Gasteiger partial charge < -0.3 is 9.31 Å². The summed E-state index contributed by atoms with van der Waals surface area (Å²) < 4.78 is 13.1. The fraction of sp³-hybridized carbons (Fsp3) is 0.643. The maximum Gasteiger partial charge on any atom is 0.496 e. The van der Waals surface area contributed by atoms with Crippen molar-refractivity contribution in [2.24, 2.45) is 0 Å². The smallest absolute Gasteiger partial charge is 0.399 e. The fourth-order valence-electron chi connectivity index (χ4n) is 2.01. The fourth-order valence-corrected chi connectivity index (χ4v) is 2.57. The van der Waals surface area contributed by atoms with Gasteiger partial charge in [-0.3, -0.25) is 4.98 Å². The highest BCUT2D eigenvalue weighted by molar-refractivity contribution is 9.10. The standard InChI is InChI=1S/C14H21BBrNO2/c1-6-7-12-11(16)8-10(9-17-12)15-18-13(2,3)14(4,5)19-15/h8-9H,6-7H2,1-5H3. The van der Waals surface area contributed by atoms with Crippen LogP contribution in [0.3, 0.4) is 0 Å². The average Bonchev–Trinajstić information content (AvgIpc) is 2.51. The zero-order valence-electron chi connectivity index (χ0n) is 12.3. The van der Waals surface area contributed by atoms with E-state index in [4.69, 9.17) is 9.31 Å². The number of aromatic nitrogens is 1. The first-order valence-electron chi connectivity index (χ1n) is 6.77. The van der Waals surface area contributed by atoms with Gasteiger partial charge in [-0.05, 0) is 56.1 Å². The quantitative estimate of drug-likeness (QED) is 0.800. The van der Waals surface area contributed by atoms with Crippen molar-refractivity contribution in [2.75, 3.05) is 0 Å². The Balaban J connectivity index is 2.23. The third-order valence-corrected chi connectivity index (χ3v) is 4.64. The number of aryl methyl sites for hydroxylation is 1. The lowest BCUT2D eigenvalue weighted by atomic mass is 9.80. The summed E-state index contributed by atoms with van der Waals surface area (Å²) in [7, 11) is -0.343. The highest BCUT2D eigenvalue weighted by Gasteiger charge is 2.51. The summed E-state index contributed by atoms with van der Waals surface area (Å²) in [6.07, 6.45) is 3.92. The molecule has 3 nitrogen and oxygen atoms in total. The molecule has 2 heterocycles. The van der Waals surface area contributed by atoms with Crippen molar-refractivity contribution in [3.63, 3.8) is 0 Å². The predicted octanol–water partition coefficient (Wildman–Crippen LogP) is 3.10. The maximum atomic E-state index is 6.02. The molecule has 0 bridgehead atoms. The van der Waals surface area contributed by atoms with Crippen molar-refractivity contribution < 1.29 is 9.31 Å². The molecular formula is C14H21BBrNO2. The molecule has 0 saturated carbocycles. The summed E-state index contributed by atoms with van der Waals surface area (Å²) in [5.41, 5.74) is 1.42. The number of nitrogens with zero attached hydrogens (tertiary/aromatic N) is 1. The lowest BCUT2D eigenvalue weighted by Gasteiger charge is -2.32. The van der Waals surface area contributed by atoms with Crippen LogP contribution in [-0.2, 0) is 15.7 Å². The van der Waals surface area contributed by atoms with Gasteiger partial charge in [-0.25, -0.2) is 0 Å². The van der Waals surface area contributed by atoms with E-state index in [-0.39, 0.29) is 18.3 Å². The minimum Gasteiger partial charge on any atom is -0.399 e. The number of rotatable bonds is 3. The summed E-state index contributed by atoms with van der Waals surface area (Å²) in [5, 5.41) is 0. The summed E-state index contributed by atoms with van der Waals surface area (Å²) in [4.78, 5) is 4.50. The van der Waals surface area contributed by atoms with Crippen molar-refractivity contribution in [3.8, 4) is 0 Å². The molecule has 0 spiro atoms. The normalized spacial score (nSPS) is 20.8. The van der Waals surface area contributed by atoms with Crippen LogP contribution < -0.4 is 5.46 Å². The molecule has 0 radical (unpaired) electrons. The number of hydrogen-bond acceptors (Lipinski definition) is 3. The molecule has 1 fully saturated rings. The van der Waals surface area contributed by atoms with Crippen LogP contribution in [0, 0.1) is 0 Å². The lowest BCUT2D eigenvalue weighted by molar-refractivity contribution is 0.00578. The van der Waals surface area contributed by atoms with Crippen molar-refractivity contribution in [1.29, 1.82) is 0 Å². The maximum absolute atomic E-state index is 6.02. The Labute approximate surface area is 124 Å². The van der Waals surface area contributed by atoms with Gasteiger partial charge in [0.15, 0.2) is 0 Å². The Morgan fingerprint density at radius 3 is 2.26 bits per heavy atom. The molecule has 0 atom stereocenters. The molecule has 0 aromatic carbocycles. The van der Waals surface area contributed by atoms with E-state index in [1.165, 1.54) is 0 Å². The molecule has 1 aliphatic heterocycles. The number of halogens is 1. The summed E-state index contributed by atoms with van der Waals surface area (Å²) in [5.74, 6) is 0. The van der Waals surface area contributed by atoms with Crippen LogP contribution in [0.5, 0.6) is 0 Å². The molecule has 1 saturated heterocycles. The molecule has 1 aromatic rings. The Kier molecular flexibility index (Phi) is 4.10. The summed E-state index contributed by atoms with van der Waals surface area (Å²) >= 11 is 3.58. The van der Waals surface area contributed by atoms with Crippen LogP contribution in [0.2, 0.25) is 0 Å². The molecule has 2 rings (SSSR count). The first kappa shape index (κ1) is 15.0. The van der Waals surface area contributed by atoms with Crippen LogP contribution in [0.25, 0.3) is 0 Å². The highest BCUT2D eigenvalue weighted by Crippen LogP contribution is 2.36. The van der Waals surface area contributed by atoms with Gasteiger partial charge in [0.2, 0.25) is 0 Å². The SMILES string of the molecule is CCCc1ncc(B2OC(C)(C)C(C)(C)O2)cc1Br. The van der Waals surface area contributed by atoms with Gasteiger partial charge in [0, 0.05) is 16.1 Å². The predicted molar refractivity (Wildman–Crippen MR) is 81.6 cm³/mol. The first-order chi connectivity index (χ1) is 8.77. The Hall–Kier alpha value is -0.385. The zero-order valence-corrected chi connectivity index (χ0v) is 13.9.